The van der Waals surface area contributed by atoms with Gasteiger partial charge in [-0.3, -0.25) is 4.90 Å². The smallest absolute Gasteiger partial charge is 0.315 e. The van der Waals surface area contributed by atoms with Crippen LogP contribution in [0.1, 0.15) is 20.3 Å². The van der Waals surface area contributed by atoms with Gasteiger partial charge in [0, 0.05) is 44.8 Å². The molecule has 6 heteroatoms. The molecule has 0 spiro atoms. The van der Waals surface area contributed by atoms with E-state index in [0.29, 0.717) is 6.54 Å². The molecule has 0 atom stereocenters. The summed E-state index contributed by atoms with van der Waals surface area (Å²) in [6, 6.07) is 0. The van der Waals surface area contributed by atoms with E-state index in [0.717, 1.165) is 26.2 Å². The molecular weight excluding hydrogens is 231 g/mol. The van der Waals surface area contributed by atoms with E-state index in [1.165, 1.54) is 0 Å². The molecule has 0 aromatic carbocycles. The van der Waals surface area contributed by atoms with Gasteiger partial charge in [0.15, 0.2) is 0 Å². The van der Waals surface area contributed by atoms with Crippen LogP contribution in [0.5, 0.6) is 0 Å². The van der Waals surface area contributed by atoms with Gasteiger partial charge in [-0.15, -0.1) is 0 Å². The molecule has 0 unspecified atom stereocenters. The van der Waals surface area contributed by atoms with Gasteiger partial charge in [0.2, 0.25) is 0 Å². The van der Waals surface area contributed by atoms with E-state index in [-0.39, 0.29) is 12.1 Å². The molecule has 1 rings (SSSR count). The average Bonchev–Trinajstić information content (AvgIpc) is 2.25. The van der Waals surface area contributed by atoms with Crippen molar-refractivity contribution in [3.8, 4) is 0 Å². The summed E-state index contributed by atoms with van der Waals surface area (Å²) in [6.45, 7) is 8.53. The van der Waals surface area contributed by atoms with Gasteiger partial charge in [-0.1, -0.05) is 0 Å². The van der Waals surface area contributed by atoms with Crippen molar-refractivity contribution in [3.63, 3.8) is 0 Å². The molecule has 3 nitrogen and oxygen atoms in total. The largest absolute Gasteiger partial charge is 0.390 e. The highest BCUT2D eigenvalue weighted by atomic mass is 19.4. The number of piperazine rings is 1. The van der Waals surface area contributed by atoms with Gasteiger partial charge in [0.05, 0.1) is 6.42 Å². The molecule has 1 aliphatic rings. The van der Waals surface area contributed by atoms with Gasteiger partial charge in [-0.2, -0.15) is 13.2 Å². The molecule has 0 saturated carbocycles. The van der Waals surface area contributed by atoms with E-state index in [2.05, 4.69) is 29.4 Å². The van der Waals surface area contributed by atoms with Crippen LogP contribution in [0, 0.1) is 0 Å². The Morgan fingerprint density at radius 3 is 2.29 bits per heavy atom. The molecule has 0 amide bonds. The number of rotatable bonds is 5. The Bertz CT molecular complexity index is 222. The number of nitrogens with one attached hydrogen (secondary N) is 2. The Kier molecular flexibility index (Phi) is 5.22. The maximum absolute atomic E-state index is 12.0. The standard InChI is InChI=1S/C11H22F3N3/c1-10(2,17-7-5-15-6-8-17)9-16-4-3-11(12,13)14/h15-16H,3-9H2,1-2H3. The van der Waals surface area contributed by atoms with Crippen LogP contribution >= 0.6 is 0 Å². The fraction of sp³-hybridized carbons (Fsp3) is 1.00. The van der Waals surface area contributed by atoms with Crippen LogP contribution in [-0.4, -0.2) is 55.9 Å². The maximum atomic E-state index is 12.0. The van der Waals surface area contributed by atoms with Crippen LogP contribution < -0.4 is 10.6 Å². The molecule has 0 bridgehead atoms. The van der Waals surface area contributed by atoms with Crippen molar-refractivity contribution in [1.82, 2.24) is 15.5 Å². The number of halogens is 3. The zero-order valence-corrected chi connectivity index (χ0v) is 10.5. The zero-order chi connectivity index (χ0) is 12.9. The lowest BCUT2D eigenvalue weighted by molar-refractivity contribution is -0.133. The number of hydrogen-bond donors (Lipinski definition) is 2. The van der Waals surface area contributed by atoms with Crippen LogP contribution in [-0.2, 0) is 0 Å². The first kappa shape index (κ1) is 14.7. The van der Waals surface area contributed by atoms with Crippen molar-refractivity contribution in [2.24, 2.45) is 0 Å². The topological polar surface area (TPSA) is 27.3 Å². The lowest BCUT2D eigenvalue weighted by atomic mass is 10.0. The van der Waals surface area contributed by atoms with E-state index in [1.54, 1.807) is 0 Å². The highest BCUT2D eigenvalue weighted by Gasteiger charge is 2.29. The Morgan fingerprint density at radius 1 is 1.18 bits per heavy atom. The molecule has 1 heterocycles. The van der Waals surface area contributed by atoms with Crippen molar-refractivity contribution in [1.29, 1.82) is 0 Å². The quantitative estimate of drug-likeness (QED) is 0.721. The summed E-state index contributed by atoms with van der Waals surface area (Å²) in [4.78, 5) is 2.31. The van der Waals surface area contributed by atoms with E-state index in [9.17, 15) is 13.2 Å². The lowest BCUT2D eigenvalue weighted by Gasteiger charge is -2.41. The van der Waals surface area contributed by atoms with Crippen LogP contribution in [0.25, 0.3) is 0 Å². The fourth-order valence-electron chi connectivity index (χ4n) is 2.01. The molecule has 0 aromatic heterocycles. The van der Waals surface area contributed by atoms with Crippen molar-refractivity contribution in [3.05, 3.63) is 0 Å². The second-order valence-corrected chi connectivity index (χ2v) is 5.09. The Hall–Kier alpha value is -0.330. The summed E-state index contributed by atoms with van der Waals surface area (Å²) in [6.07, 6.45) is -4.82. The normalized spacial score (nSPS) is 19.6. The van der Waals surface area contributed by atoms with E-state index < -0.39 is 12.6 Å². The Balaban J connectivity index is 2.24. The molecule has 17 heavy (non-hydrogen) atoms. The van der Waals surface area contributed by atoms with Crippen molar-refractivity contribution >= 4 is 0 Å². The van der Waals surface area contributed by atoms with Gasteiger partial charge in [0.25, 0.3) is 0 Å². The van der Waals surface area contributed by atoms with Gasteiger partial charge < -0.3 is 10.6 Å². The first-order valence-electron chi connectivity index (χ1n) is 6.04. The minimum atomic E-state index is -4.06. The summed E-state index contributed by atoms with van der Waals surface area (Å²) in [7, 11) is 0. The van der Waals surface area contributed by atoms with Crippen molar-refractivity contribution in [2.45, 2.75) is 32.0 Å². The summed E-state index contributed by atoms with van der Waals surface area (Å²) >= 11 is 0. The SMILES string of the molecule is CC(C)(CNCCC(F)(F)F)N1CCNCC1. The summed E-state index contributed by atoms with van der Waals surface area (Å²) in [5.74, 6) is 0. The highest BCUT2D eigenvalue weighted by Crippen LogP contribution is 2.19. The van der Waals surface area contributed by atoms with Crippen LogP contribution in [0.2, 0.25) is 0 Å². The summed E-state index contributed by atoms with van der Waals surface area (Å²) < 4.78 is 35.9. The third kappa shape index (κ3) is 5.70. The molecule has 0 radical (unpaired) electrons. The van der Waals surface area contributed by atoms with Crippen LogP contribution in [0.4, 0.5) is 13.2 Å². The summed E-state index contributed by atoms with van der Waals surface area (Å²) in [5, 5.41) is 6.16. The second-order valence-electron chi connectivity index (χ2n) is 5.09. The second kappa shape index (κ2) is 6.02. The van der Waals surface area contributed by atoms with Crippen LogP contribution in [0.3, 0.4) is 0 Å². The lowest BCUT2D eigenvalue weighted by Crippen LogP contribution is -2.57. The first-order chi connectivity index (χ1) is 7.81. The average molecular weight is 253 g/mol. The molecular formula is C11H22F3N3. The molecule has 102 valence electrons. The molecule has 1 saturated heterocycles. The number of nitrogens with zero attached hydrogens (tertiary/aromatic N) is 1. The first-order valence-corrected chi connectivity index (χ1v) is 6.04. The minimum absolute atomic E-state index is 0.000972. The molecule has 2 N–H and O–H groups in total. The van der Waals surface area contributed by atoms with Crippen LogP contribution in [0.15, 0.2) is 0 Å². The van der Waals surface area contributed by atoms with E-state index in [4.69, 9.17) is 0 Å². The van der Waals surface area contributed by atoms with Gasteiger partial charge in [-0.25, -0.2) is 0 Å². The molecule has 1 fully saturated rings. The van der Waals surface area contributed by atoms with Crippen molar-refractivity contribution in [2.75, 3.05) is 39.3 Å². The third-order valence-corrected chi connectivity index (χ3v) is 3.12. The van der Waals surface area contributed by atoms with Gasteiger partial charge in [0.1, 0.15) is 0 Å². The minimum Gasteiger partial charge on any atom is -0.315 e. The Labute approximate surface area is 101 Å². The third-order valence-electron chi connectivity index (χ3n) is 3.12. The van der Waals surface area contributed by atoms with E-state index >= 15 is 0 Å². The predicted molar refractivity (Wildman–Crippen MR) is 62.1 cm³/mol. The molecule has 0 aromatic rings. The van der Waals surface area contributed by atoms with Crippen molar-refractivity contribution < 1.29 is 13.2 Å². The summed E-state index contributed by atoms with van der Waals surface area (Å²) in [5.41, 5.74) is -0.0896. The Morgan fingerprint density at radius 2 is 1.76 bits per heavy atom. The van der Waals surface area contributed by atoms with Gasteiger partial charge in [-0.05, 0) is 13.8 Å². The highest BCUT2D eigenvalue weighted by molar-refractivity contribution is 4.86. The zero-order valence-electron chi connectivity index (χ0n) is 10.5. The number of alkyl halides is 3. The fourth-order valence-corrected chi connectivity index (χ4v) is 2.01. The predicted octanol–water partition coefficient (Wildman–Crippen LogP) is 1.21. The molecule has 0 aliphatic carbocycles. The van der Waals surface area contributed by atoms with E-state index in [1.807, 2.05) is 0 Å². The monoisotopic (exact) mass is 253 g/mol. The molecule has 1 aliphatic heterocycles. The van der Waals surface area contributed by atoms with Gasteiger partial charge >= 0.3 is 6.18 Å². The maximum Gasteiger partial charge on any atom is 0.390 e. The number of hydrogen-bond acceptors (Lipinski definition) is 3.